The Kier molecular flexibility index (Phi) is 7.14. The van der Waals surface area contributed by atoms with Gasteiger partial charge in [-0.2, -0.15) is 0 Å². The number of carbonyl (C=O) groups is 1. The highest BCUT2D eigenvalue weighted by atomic mass is 16.5. The number of unbranched alkanes of at least 4 members (excludes halogenated alkanes) is 1. The normalized spacial score (nSPS) is 10.4. The summed E-state index contributed by atoms with van der Waals surface area (Å²) in [4.78, 5) is 11.9. The molecule has 0 bridgehead atoms. The first kappa shape index (κ1) is 17.0. The molecule has 122 valence electrons. The van der Waals surface area contributed by atoms with Gasteiger partial charge in [0, 0.05) is 24.4 Å². The number of nitrogens with two attached hydrogens (primary N) is 1. The number of benzene rings is 2. The van der Waals surface area contributed by atoms with Crippen molar-refractivity contribution in [1.82, 2.24) is 5.32 Å². The molecule has 1 amide bonds. The minimum Gasteiger partial charge on any atom is -0.399 e. The van der Waals surface area contributed by atoms with Gasteiger partial charge in [-0.05, 0) is 49.1 Å². The van der Waals surface area contributed by atoms with Crippen molar-refractivity contribution < 1.29 is 9.53 Å². The van der Waals surface area contributed by atoms with Crippen molar-refractivity contribution in [3.63, 3.8) is 0 Å². The van der Waals surface area contributed by atoms with E-state index in [0.29, 0.717) is 17.8 Å². The van der Waals surface area contributed by atoms with Crippen molar-refractivity contribution in [2.45, 2.75) is 19.3 Å². The third kappa shape index (κ3) is 6.53. The number of amides is 1. The van der Waals surface area contributed by atoms with E-state index in [0.717, 1.165) is 32.5 Å². The lowest BCUT2D eigenvalue weighted by Crippen LogP contribution is -2.24. The molecule has 0 atom stereocenters. The summed E-state index contributed by atoms with van der Waals surface area (Å²) >= 11 is 0. The van der Waals surface area contributed by atoms with Gasteiger partial charge in [0.15, 0.2) is 0 Å². The molecule has 0 spiro atoms. The van der Waals surface area contributed by atoms with Crippen LogP contribution in [-0.2, 0) is 11.2 Å². The smallest absolute Gasteiger partial charge is 0.251 e. The predicted molar refractivity (Wildman–Crippen MR) is 93.4 cm³/mol. The van der Waals surface area contributed by atoms with Crippen molar-refractivity contribution >= 4 is 11.6 Å². The van der Waals surface area contributed by atoms with Crippen LogP contribution in [0.2, 0.25) is 0 Å². The van der Waals surface area contributed by atoms with Crippen LogP contribution in [0.5, 0.6) is 0 Å². The van der Waals surface area contributed by atoms with Crippen LogP contribution in [0.25, 0.3) is 0 Å². The van der Waals surface area contributed by atoms with E-state index in [-0.39, 0.29) is 5.91 Å². The summed E-state index contributed by atoms with van der Waals surface area (Å²) in [5, 5.41) is 2.90. The van der Waals surface area contributed by atoms with Gasteiger partial charge in [-0.15, -0.1) is 0 Å². The van der Waals surface area contributed by atoms with Gasteiger partial charge >= 0.3 is 0 Å². The van der Waals surface area contributed by atoms with E-state index in [4.69, 9.17) is 10.5 Å². The first-order chi connectivity index (χ1) is 11.3. The molecule has 0 saturated carbocycles. The van der Waals surface area contributed by atoms with Gasteiger partial charge in [0.05, 0.1) is 6.61 Å². The van der Waals surface area contributed by atoms with Crippen molar-refractivity contribution in [2.24, 2.45) is 0 Å². The number of nitrogens with one attached hydrogen (secondary N) is 1. The second-order valence-corrected chi connectivity index (χ2v) is 5.43. The van der Waals surface area contributed by atoms with E-state index in [9.17, 15) is 4.79 Å². The molecule has 2 rings (SSSR count). The van der Waals surface area contributed by atoms with E-state index in [1.807, 2.05) is 18.2 Å². The van der Waals surface area contributed by atoms with Crippen LogP contribution in [0.3, 0.4) is 0 Å². The summed E-state index contributed by atoms with van der Waals surface area (Å²) in [5.41, 5.74) is 8.19. The van der Waals surface area contributed by atoms with Crippen LogP contribution < -0.4 is 11.1 Å². The minimum atomic E-state index is -0.0602. The van der Waals surface area contributed by atoms with Gasteiger partial charge in [0.25, 0.3) is 5.91 Å². The lowest BCUT2D eigenvalue weighted by Gasteiger charge is -2.06. The third-order valence-corrected chi connectivity index (χ3v) is 3.55. The summed E-state index contributed by atoms with van der Waals surface area (Å²) in [5.74, 6) is -0.0602. The fraction of sp³-hybridized carbons (Fsp3) is 0.316. The van der Waals surface area contributed by atoms with Crippen LogP contribution in [0.1, 0.15) is 28.8 Å². The first-order valence-electron chi connectivity index (χ1n) is 8.01. The van der Waals surface area contributed by atoms with Crippen LogP contribution in [0.15, 0.2) is 54.6 Å². The Morgan fingerprint density at radius 1 is 0.957 bits per heavy atom. The van der Waals surface area contributed by atoms with Gasteiger partial charge in [0.1, 0.15) is 0 Å². The number of hydrogen-bond donors (Lipinski definition) is 2. The summed E-state index contributed by atoms with van der Waals surface area (Å²) < 4.78 is 5.62. The Labute approximate surface area is 137 Å². The first-order valence-corrected chi connectivity index (χ1v) is 8.01. The average Bonchev–Trinajstić information content (AvgIpc) is 2.58. The van der Waals surface area contributed by atoms with Crippen LogP contribution in [0.4, 0.5) is 5.69 Å². The van der Waals surface area contributed by atoms with Crippen LogP contribution >= 0.6 is 0 Å². The molecule has 3 N–H and O–H groups in total. The molecule has 0 aliphatic heterocycles. The number of hydrogen-bond acceptors (Lipinski definition) is 3. The van der Waals surface area contributed by atoms with Crippen molar-refractivity contribution in [3.05, 3.63) is 65.7 Å². The summed E-state index contributed by atoms with van der Waals surface area (Å²) in [6, 6.07) is 17.2. The minimum absolute atomic E-state index is 0.0602. The largest absolute Gasteiger partial charge is 0.399 e. The van der Waals surface area contributed by atoms with Gasteiger partial charge in [0.2, 0.25) is 0 Å². The molecule has 0 aromatic heterocycles. The standard InChI is InChI=1S/C19H24N2O2/c20-18-10-8-17(9-11-18)19(22)21-13-4-5-14-23-15-12-16-6-2-1-3-7-16/h1-3,6-11H,4-5,12-15,20H2,(H,21,22). The Morgan fingerprint density at radius 3 is 2.43 bits per heavy atom. The van der Waals surface area contributed by atoms with Gasteiger partial charge in [-0.3, -0.25) is 4.79 Å². The predicted octanol–water partition coefficient (Wildman–Crippen LogP) is 3.04. The molecule has 0 fully saturated rings. The maximum atomic E-state index is 11.9. The Morgan fingerprint density at radius 2 is 1.70 bits per heavy atom. The summed E-state index contributed by atoms with van der Waals surface area (Å²) in [7, 11) is 0. The highest BCUT2D eigenvalue weighted by molar-refractivity contribution is 5.94. The second-order valence-electron chi connectivity index (χ2n) is 5.43. The number of anilines is 1. The van der Waals surface area contributed by atoms with Crippen molar-refractivity contribution in [1.29, 1.82) is 0 Å². The van der Waals surface area contributed by atoms with Crippen molar-refractivity contribution in [3.8, 4) is 0 Å². The molecule has 23 heavy (non-hydrogen) atoms. The van der Waals surface area contributed by atoms with E-state index in [1.165, 1.54) is 5.56 Å². The molecule has 0 aliphatic carbocycles. The molecule has 0 unspecified atom stereocenters. The second kappa shape index (κ2) is 9.64. The number of ether oxygens (including phenoxy) is 1. The molecular weight excluding hydrogens is 288 g/mol. The molecule has 2 aromatic rings. The fourth-order valence-corrected chi connectivity index (χ4v) is 2.20. The number of nitrogen functional groups attached to an aromatic ring is 1. The zero-order valence-electron chi connectivity index (χ0n) is 13.3. The van der Waals surface area contributed by atoms with Gasteiger partial charge < -0.3 is 15.8 Å². The summed E-state index contributed by atoms with van der Waals surface area (Å²) in [6.45, 7) is 2.12. The van der Waals surface area contributed by atoms with E-state index in [2.05, 4.69) is 17.4 Å². The molecule has 0 radical (unpaired) electrons. The highest BCUT2D eigenvalue weighted by Gasteiger charge is 2.03. The number of rotatable bonds is 9. The topological polar surface area (TPSA) is 64.4 Å². The number of carbonyl (C=O) groups excluding carboxylic acids is 1. The quantitative estimate of drug-likeness (QED) is 0.552. The maximum Gasteiger partial charge on any atom is 0.251 e. The van der Waals surface area contributed by atoms with Crippen molar-refractivity contribution in [2.75, 3.05) is 25.5 Å². The van der Waals surface area contributed by atoms with E-state index in [1.54, 1.807) is 24.3 Å². The zero-order valence-corrected chi connectivity index (χ0v) is 13.3. The zero-order chi connectivity index (χ0) is 16.3. The molecule has 0 heterocycles. The molecule has 0 saturated heterocycles. The van der Waals surface area contributed by atoms with Gasteiger partial charge in [-0.1, -0.05) is 30.3 Å². The monoisotopic (exact) mass is 312 g/mol. The van der Waals surface area contributed by atoms with Crippen LogP contribution in [0, 0.1) is 0 Å². The molecule has 2 aromatic carbocycles. The maximum absolute atomic E-state index is 11.9. The highest BCUT2D eigenvalue weighted by Crippen LogP contribution is 2.05. The van der Waals surface area contributed by atoms with E-state index >= 15 is 0 Å². The Balaban J connectivity index is 1.49. The summed E-state index contributed by atoms with van der Waals surface area (Å²) in [6.07, 6.45) is 2.79. The molecular formula is C19H24N2O2. The Hall–Kier alpha value is -2.33. The average molecular weight is 312 g/mol. The van der Waals surface area contributed by atoms with Gasteiger partial charge in [-0.25, -0.2) is 0 Å². The Bertz CT molecular complexity index is 582. The lowest BCUT2D eigenvalue weighted by molar-refractivity contribution is 0.0949. The fourth-order valence-electron chi connectivity index (χ4n) is 2.20. The SMILES string of the molecule is Nc1ccc(C(=O)NCCCCOCCc2ccccc2)cc1. The van der Waals surface area contributed by atoms with Crippen LogP contribution in [-0.4, -0.2) is 25.7 Å². The van der Waals surface area contributed by atoms with E-state index < -0.39 is 0 Å². The molecule has 4 heteroatoms. The lowest BCUT2D eigenvalue weighted by atomic mass is 10.2. The molecule has 4 nitrogen and oxygen atoms in total. The molecule has 0 aliphatic rings. The third-order valence-electron chi connectivity index (χ3n) is 3.55.